The highest BCUT2D eigenvalue weighted by Gasteiger charge is 2.25. The Kier molecular flexibility index (Phi) is 5.46. The molecule has 3 aromatic rings. The van der Waals surface area contributed by atoms with Crippen LogP contribution in [0.25, 0.3) is 11.5 Å². The molecular weight excluding hydrogens is 372 g/mol. The lowest BCUT2D eigenvalue weighted by molar-refractivity contribution is 0.193. The molecule has 0 saturated carbocycles. The summed E-state index contributed by atoms with van der Waals surface area (Å²) >= 11 is 0. The average molecular weight is 396 g/mol. The minimum atomic E-state index is -0.0965. The number of pyridine rings is 1. The van der Waals surface area contributed by atoms with Crippen molar-refractivity contribution >= 4 is 11.8 Å². The summed E-state index contributed by atoms with van der Waals surface area (Å²) in [4.78, 5) is 20.9. The van der Waals surface area contributed by atoms with Crippen LogP contribution < -0.4 is 10.2 Å². The highest BCUT2D eigenvalue weighted by molar-refractivity contribution is 5.75. The number of nitrogens with one attached hydrogen (secondary N) is 1. The van der Waals surface area contributed by atoms with Gasteiger partial charge in [0.05, 0.1) is 18.4 Å². The molecule has 0 atom stereocenters. The monoisotopic (exact) mass is 396 g/mol. The van der Waals surface area contributed by atoms with Crippen LogP contribution >= 0.6 is 0 Å². The Morgan fingerprint density at radius 3 is 2.69 bits per heavy atom. The number of carbonyl (C=O) groups is 1. The lowest BCUT2D eigenvalue weighted by Crippen LogP contribution is -2.52. The van der Waals surface area contributed by atoms with Gasteiger partial charge in [0.1, 0.15) is 11.6 Å². The van der Waals surface area contributed by atoms with Gasteiger partial charge >= 0.3 is 6.03 Å². The minimum Gasteiger partial charge on any atom is -0.467 e. The molecule has 0 aliphatic carbocycles. The number of piperazine rings is 1. The summed E-state index contributed by atoms with van der Waals surface area (Å²) in [7, 11) is 0. The summed E-state index contributed by atoms with van der Waals surface area (Å²) in [6.45, 7) is 6.94. The number of hydrogen-bond acceptors (Lipinski definition) is 7. The van der Waals surface area contributed by atoms with Gasteiger partial charge in [-0.15, -0.1) is 10.2 Å². The molecule has 0 unspecified atom stereocenters. The normalized spacial score (nSPS) is 14.4. The Hall–Kier alpha value is -3.36. The predicted octanol–water partition coefficient (Wildman–Crippen LogP) is 2.88. The largest absolute Gasteiger partial charge is 0.467 e. The van der Waals surface area contributed by atoms with Gasteiger partial charge in [0.2, 0.25) is 5.89 Å². The van der Waals surface area contributed by atoms with Crippen LogP contribution in [0.2, 0.25) is 0 Å². The number of nitrogens with zero attached hydrogens (tertiary/aromatic N) is 5. The smallest absolute Gasteiger partial charge is 0.317 e. The van der Waals surface area contributed by atoms with Gasteiger partial charge < -0.3 is 24.0 Å². The number of urea groups is 1. The van der Waals surface area contributed by atoms with Crippen molar-refractivity contribution in [3.8, 4) is 11.5 Å². The zero-order valence-electron chi connectivity index (χ0n) is 16.5. The molecule has 1 fully saturated rings. The van der Waals surface area contributed by atoms with E-state index in [1.165, 1.54) is 0 Å². The van der Waals surface area contributed by atoms with Crippen LogP contribution in [0.1, 0.15) is 31.4 Å². The molecule has 1 N–H and O–H groups in total. The molecule has 9 heteroatoms. The number of furan rings is 1. The molecule has 0 radical (unpaired) electrons. The zero-order valence-corrected chi connectivity index (χ0v) is 16.5. The lowest BCUT2D eigenvalue weighted by atomic mass is 10.2. The first kappa shape index (κ1) is 19.0. The molecule has 9 nitrogen and oxygen atoms in total. The third-order valence-electron chi connectivity index (χ3n) is 4.81. The number of amides is 2. The van der Waals surface area contributed by atoms with Crippen LogP contribution in [0, 0.1) is 0 Å². The van der Waals surface area contributed by atoms with Crippen LogP contribution in [0.5, 0.6) is 0 Å². The summed E-state index contributed by atoms with van der Waals surface area (Å²) in [6, 6.07) is 7.33. The fourth-order valence-electron chi connectivity index (χ4n) is 3.20. The summed E-state index contributed by atoms with van der Waals surface area (Å²) in [5.41, 5.74) is 0.808. The Labute approximate surface area is 168 Å². The third kappa shape index (κ3) is 4.23. The van der Waals surface area contributed by atoms with Crippen LogP contribution in [0.15, 0.2) is 45.6 Å². The van der Waals surface area contributed by atoms with Gasteiger partial charge in [-0.3, -0.25) is 0 Å². The van der Waals surface area contributed by atoms with Crippen molar-refractivity contribution < 1.29 is 13.6 Å². The number of anilines is 1. The van der Waals surface area contributed by atoms with Crippen molar-refractivity contribution in [2.75, 3.05) is 31.1 Å². The van der Waals surface area contributed by atoms with Crippen LogP contribution in [0.4, 0.5) is 10.6 Å². The number of aromatic nitrogens is 3. The van der Waals surface area contributed by atoms with Gasteiger partial charge in [-0.1, -0.05) is 13.8 Å². The standard InChI is InChI=1S/C20H24N6O3/c1-14(2)18-23-24-19(29-18)16-6-3-7-21-17(16)25-8-10-26(11-9-25)20(27)22-13-15-5-4-12-28-15/h3-7,12,14H,8-11,13H2,1-2H3,(H,22,27). The van der Waals surface area contributed by atoms with E-state index in [4.69, 9.17) is 8.83 Å². The molecule has 2 amide bonds. The molecule has 1 saturated heterocycles. The molecule has 4 heterocycles. The number of carbonyl (C=O) groups excluding carboxylic acids is 1. The first-order valence-electron chi connectivity index (χ1n) is 9.70. The first-order chi connectivity index (χ1) is 14.1. The van der Waals surface area contributed by atoms with E-state index in [1.807, 2.05) is 32.0 Å². The SMILES string of the molecule is CC(C)c1nnc(-c2cccnc2N2CCN(C(=O)NCc3ccco3)CC2)o1. The van der Waals surface area contributed by atoms with E-state index in [0.29, 0.717) is 44.5 Å². The molecule has 0 bridgehead atoms. The van der Waals surface area contributed by atoms with E-state index < -0.39 is 0 Å². The van der Waals surface area contributed by atoms with Gasteiger partial charge in [-0.25, -0.2) is 9.78 Å². The average Bonchev–Trinajstić information content (AvgIpc) is 3.44. The summed E-state index contributed by atoms with van der Waals surface area (Å²) < 4.78 is 11.1. The summed E-state index contributed by atoms with van der Waals surface area (Å²) in [6.07, 6.45) is 3.35. The molecule has 4 rings (SSSR count). The van der Waals surface area contributed by atoms with Gasteiger partial charge in [0.25, 0.3) is 5.89 Å². The quantitative estimate of drug-likeness (QED) is 0.708. The van der Waals surface area contributed by atoms with Crippen molar-refractivity contribution in [3.63, 3.8) is 0 Å². The highest BCUT2D eigenvalue weighted by Crippen LogP contribution is 2.29. The molecule has 1 aliphatic heterocycles. The van der Waals surface area contributed by atoms with Gasteiger partial charge in [0.15, 0.2) is 0 Å². The maximum absolute atomic E-state index is 12.4. The van der Waals surface area contributed by atoms with Crippen molar-refractivity contribution in [1.29, 1.82) is 0 Å². The van der Waals surface area contributed by atoms with Gasteiger partial charge in [-0.05, 0) is 24.3 Å². The Balaban J connectivity index is 1.40. The summed E-state index contributed by atoms with van der Waals surface area (Å²) in [5.74, 6) is 2.76. The Morgan fingerprint density at radius 2 is 2.00 bits per heavy atom. The molecule has 152 valence electrons. The van der Waals surface area contributed by atoms with E-state index >= 15 is 0 Å². The molecule has 1 aliphatic rings. The molecule has 29 heavy (non-hydrogen) atoms. The highest BCUT2D eigenvalue weighted by atomic mass is 16.4. The van der Waals surface area contributed by atoms with E-state index in [-0.39, 0.29) is 11.9 Å². The zero-order chi connectivity index (χ0) is 20.2. The minimum absolute atomic E-state index is 0.0965. The second-order valence-corrected chi connectivity index (χ2v) is 7.19. The maximum Gasteiger partial charge on any atom is 0.317 e. The van der Waals surface area contributed by atoms with Crippen molar-refractivity contribution in [1.82, 2.24) is 25.4 Å². The number of hydrogen-bond donors (Lipinski definition) is 1. The fourth-order valence-corrected chi connectivity index (χ4v) is 3.20. The van der Waals surface area contributed by atoms with E-state index in [1.54, 1.807) is 23.4 Å². The summed E-state index contributed by atoms with van der Waals surface area (Å²) in [5, 5.41) is 11.2. The maximum atomic E-state index is 12.4. The molecule has 0 aromatic carbocycles. The van der Waals surface area contributed by atoms with E-state index in [9.17, 15) is 4.79 Å². The van der Waals surface area contributed by atoms with Crippen molar-refractivity contribution in [2.24, 2.45) is 0 Å². The fraction of sp³-hybridized carbons (Fsp3) is 0.400. The molecule has 3 aromatic heterocycles. The Morgan fingerprint density at radius 1 is 1.17 bits per heavy atom. The van der Waals surface area contributed by atoms with Crippen LogP contribution in [-0.2, 0) is 6.54 Å². The van der Waals surface area contributed by atoms with Gasteiger partial charge in [-0.2, -0.15) is 0 Å². The lowest BCUT2D eigenvalue weighted by Gasteiger charge is -2.35. The van der Waals surface area contributed by atoms with Crippen LogP contribution in [-0.4, -0.2) is 52.3 Å². The van der Waals surface area contributed by atoms with Crippen molar-refractivity contribution in [3.05, 3.63) is 48.4 Å². The molecular formula is C20H24N6O3. The third-order valence-corrected chi connectivity index (χ3v) is 4.81. The Bertz CT molecular complexity index is 945. The topological polar surface area (TPSA) is 101 Å². The van der Waals surface area contributed by atoms with Gasteiger partial charge in [0, 0.05) is 38.3 Å². The second-order valence-electron chi connectivity index (χ2n) is 7.19. The first-order valence-corrected chi connectivity index (χ1v) is 9.70. The second kappa shape index (κ2) is 8.34. The van der Waals surface area contributed by atoms with Crippen molar-refractivity contribution in [2.45, 2.75) is 26.3 Å². The molecule has 0 spiro atoms. The van der Waals surface area contributed by atoms with E-state index in [2.05, 4.69) is 25.4 Å². The van der Waals surface area contributed by atoms with E-state index in [0.717, 1.165) is 17.1 Å². The predicted molar refractivity (Wildman–Crippen MR) is 106 cm³/mol. The van der Waals surface area contributed by atoms with Crippen LogP contribution in [0.3, 0.4) is 0 Å². The number of rotatable bonds is 5.